The molecule has 0 spiro atoms. The van der Waals surface area contributed by atoms with Crippen LogP contribution in [0.25, 0.3) is 5.69 Å². The number of aromatic nitrogens is 3. The van der Waals surface area contributed by atoms with E-state index < -0.39 is 11.4 Å². The number of H-pyrrole nitrogens is 1. The summed E-state index contributed by atoms with van der Waals surface area (Å²) in [6, 6.07) is 8.94. The van der Waals surface area contributed by atoms with Crippen LogP contribution in [0.5, 0.6) is 0 Å². The van der Waals surface area contributed by atoms with Crippen molar-refractivity contribution in [3.8, 4) is 5.69 Å². The first-order valence-electron chi connectivity index (χ1n) is 10.7. The summed E-state index contributed by atoms with van der Waals surface area (Å²) in [5.41, 5.74) is -0.344. The van der Waals surface area contributed by atoms with E-state index in [-0.39, 0.29) is 23.9 Å². The maximum absolute atomic E-state index is 12.7. The van der Waals surface area contributed by atoms with Crippen molar-refractivity contribution in [3.05, 3.63) is 51.3 Å². The highest BCUT2D eigenvalue weighted by Gasteiger charge is 2.53. The van der Waals surface area contributed by atoms with Crippen LogP contribution in [0.4, 0.5) is 0 Å². The number of nitrogens with one attached hydrogen (secondary N) is 2. The van der Waals surface area contributed by atoms with Crippen molar-refractivity contribution in [3.63, 3.8) is 0 Å². The maximum Gasteiger partial charge on any atom is 0.352 e. The first-order valence-corrected chi connectivity index (χ1v) is 10.7. The molecule has 1 aromatic carbocycles. The van der Waals surface area contributed by atoms with Gasteiger partial charge in [-0.15, -0.1) is 0 Å². The summed E-state index contributed by atoms with van der Waals surface area (Å²) in [7, 11) is 0. The van der Waals surface area contributed by atoms with Gasteiger partial charge < -0.3 is 5.32 Å². The van der Waals surface area contributed by atoms with Gasteiger partial charge in [0, 0.05) is 6.04 Å². The van der Waals surface area contributed by atoms with Crippen molar-refractivity contribution in [1.82, 2.24) is 19.7 Å². The first kappa shape index (κ1) is 18.5. The zero-order valence-electron chi connectivity index (χ0n) is 16.8. The molecule has 29 heavy (non-hydrogen) atoms. The van der Waals surface area contributed by atoms with Crippen molar-refractivity contribution < 1.29 is 4.79 Å². The average Bonchev–Trinajstić information content (AvgIpc) is 2.96. The van der Waals surface area contributed by atoms with Crippen LogP contribution in [0, 0.1) is 23.2 Å². The standard InChI is InChI=1S/C22H28N4O3/c1-14(22-10-15-7-16(11-22)9-17(8-15)12-22)23-19(27)13-25-20(28)24-26(21(25)29)18-5-3-2-4-6-18/h2-6,14-17H,7-13H2,1H3,(H,23,27)(H,24,28)/t14-,15?,16?,17?,22?/m1/s1. The van der Waals surface area contributed by atoms with E-state index in [1.54, 1.807) is 24.3 Å². The average molecular weight is 396 g/mol. The van der Waals surface area contributed by atoms with Gasteiger partial charge >= 0.3 is 11.4 Å². The molecule has 0 unspecified atom stereocenters. The third kappa shape index (κ3) is 3.16. The molecular formula is C22H28N4O3. The largest absolute Gasteiger partial charge is 0.352 e. The van der Waals surface area contributed by atoms with E-state index in [9.17, 15) is 14.4 Å². The molecule has 0 saturated heterocycles. The molecule has 6 rings (SSSR count). The lowest BCUT2D eigenvalue weighted by Gasteiger charge is -2.59. The second-order valence-corrected chi connectivity index (χ2v) is 9.53. The molecule has 4 saturated carbocycles. The molecule has 4 bridgehead atoms. The lowest BCUT2D eigenvalue weighted by molar-refractivity contribution is -0.126. The SMILES string of the molecule is C[C@@H](NC(=O)Cn1c(=O)[nH]n(-c2ccccc2)c1=O)C12CC3CC(CC(C3)C1)C2. The minimum atomic E-state index is -0.573. The number of aromatic amines is 1. The van der Waals surface area contributed by atoms with Gasteiger partial charge in [-0.05, 0) is 80.8 Å². The summed E-state index contributed by atoms with van der Waals surface area (Å²) >= 11 is 0. The van der Waals surface area contributed by atoms with Crippen molar-refractivity contribution >= 4 is 5.91 Å². The predicted octanol–water partition coefficient (Wildman–Crippen LogP) is 2.05. The summed E-state index contributed by atoms with van der Waals surface area (Å²) in [5, 5.41) is 5.66. The smallest absolute Gasteiger partial charge is 0.352 e. The lowest BCUT2D eigenvalue weighted by atomic mass is 9.48. The molecule has 154 valence electrons. The van der Waals surface area contributed by atoms with E-state index in [1.807, 2.05) is 6.07 Å². The predicted molar refractivity (Wildman–Crippen MR) is 109 cm³/mol. The van der Waals surface area contributed by atoms with Gasteiger partial charge in [0.15, 0.2) is 0 Å². The minimum absolute atomic E-state index is 0.0643. The first-order chi connectivity index (χ1) is 13.9. The maximum atomic E-state index is 12.7. The third-order valence-electron chi connectivity index (χ3n) is 7.57. The Balaban J connectivity index is 1.31. The Kier molecular flexibility index (Phi) is 4.29. The summed E-state index contributed by atoms with van der Waals surface area (Å²) in [4.78, 5) is 37.7. The lowest BCUT2D eigenvalue weighted by Crippen LogP contribution is -2.56. The van der Waals surface area contributed by atoms with Gasteiger partial charge in [-0.2, -0.15) is 0 Å². The van der Waals surface area contributed by atoms with Crippen LogP contribution in [0.2, 0.25) is 0 Å². The molecule has 2 aromatic rings. The third-order valence-corrected chi connectivity index (χ3v) is 7.57. The van der Waals surface area contributed by atoms with Crippen LogP contribution >= 0.6 is 0 Å². The van der Waals surface area contributed by atoms with Gasteiger partial charge in [-0.3, -0.25) is 4.79 Å². The summed E-state index contributed by atoms with van der Waals surface area (Å²) < 4.78 is 2.15. The van der Waals surface area contributed by atoms with Gasteiger partial charge in [-0.25, -0.2) is 23.9 Å². The molecule has 1 aromatic heterocycles. The molecule has 7 heteroatoms. The number of amides is 1. The molecule has 7 nitrogen and oxygen atoms in total. The highest BCUT2D eigenvalue weighted by atomic mass is 16.2. The molecule has 1 heterocycles. The van der Waals surface area contributed by atoms with Gasteiger partial charge in [0.05, 0.1) is 5.69 Å². The number of hydrogen-bond acceptors (Lipinski definition) is 3. The summed E-state index contributed by atoms with van der Waals surface area (Å²) in [6.45, 7) is 1.85. The van der Waals surface area contributed by atoms with Crippen LogP contribution < -0.4 is 16.7 Å². The van der Waals surface area contributed by atoms with E-state index in [2.05, 4.69) is 17.3 Å². The second-order valence-electron chi connectivity index (χ2n) is 9.53. The fourth-order valence-electron chi connectivity index (χ4n) is 6.59. The van der Waals surface area contributed by atoms with Crippen LogP contribution in [-0.2, 0) is 11.3 Å². The van der Waals surface area contributed by atoms with Crippen molar-refractivity contribution in [1.29, 1.82) is 0 Å². The highest BCUT2D eigenvalue weighted by Crippen LogP contribution is 2.61. The topological polar surface area (TPSA) is 88.9 Å². The number of hydrogen-bond donors (Lipinski definition) is 2. The molecule has 4 fully saturated rings. The molecular weight excluding hydrogens is 368 g/mol. The summed E-state index contributed by atoms with van der Waals surface area (Å²) in [6.07, 6.45) is 7.68. The molecule has 1 amide bonds. The number of nitrogens with zero attached hydrogens (tertiary/aromatic N) is 2. The van der Waals surface area contributed by atoms with Crippen molar-refractivity contribution in [2.45, 2.75) is 58.0 Å². The minimum Gasteiger partial charge on any atom is -0.352 e. The molecule has 4 aliphatic rings. The Morgan fingerprint density at radius 2 is 1.69 bits per heavy atom. The van der Waals surface area contributed by atoms with E-state index in [0.29, 0.717) is 5.69 Å². The Morgan fingerprint density at radius 3 is 2.28 bits per heavy atom. The zero-order chi connectivity index (χ0) is 20.2. The summed E-state index contributed by atoms with van der Waals surface area (Å²) in [5.74, 6) is 2.16. The van der Waals surface area contributed by atoms with Crippen LogP contribution in [0.3, 0.4) is 0 Å². The van der Waals surface area contributed by atoms with Gasteiger partial charge in [-0.1, -0.05) is 18.2 Å². The molecule has 0 aliphatic heterocycles. The Morgan fingerprint density at radius 1 is 1.10 bits per heavy atom. The second kappa shape index (κ2) is 6.75. The van der Waals surface area contributed by atoms with Crippen molar-refractivity contribution in [2.75, 3.05) is 0 Å². The number of carbonyl (C=O) groups is 1. The van der Waals surface area contributed by atoms with E-state index in [1.165, 1.54) is 43.2 Å². The van der Waals surface area contributed by atoms with Crippen molar-refractivity contribution in [2.24, 2.45) is 23.2 Å². The van der Waals surface area contributed by atoms with Crippen LogP contribution in [-0.4, -0.2) is 26.3 Å². The number of benzene rings is 1. The van der Waals surface area contributed by atoms with Crippen LogP contribution in [0.1, 0.15) is 45.4 Å². The van der Waals surface area contributed by atoms with Gasteiger partial charge in [0.2, 0.25) is 5.91 Å². The monoisotopic (exact) mass is 396 g/mol. The zero-order valence-corrected chi connectivity index (χ0v) is 16.8. The van der Waals surface area contributed by atoms with E-state index >= 15 is 0 Å². The van der Waals surface area contributed by atoms with E-state index in [4.69, 9.17) is 0 Å². The number of para-hydroxylation sites is 1. The number of rotatable bonds is 5. The van der Waals surface area contributed by atoms with Gasteiger partial charge in [0.25, 0.3) is 0 Å². The van der Waals surface area contributed by atoms with Crippen LogP contribution in [0.15, 0.2) is 39.9 Å². The Hall–Kier alpha value is -2.57. The highest BCUT2D eigenvalue weighted by molar-refractivity contribution is 5.76. The quantitative estimate of drug-likeness (QED) is 0.811. The molecule has 2 N–H and O–H groups in total. The van der Waals surface area contributed by atoms with Gasteiger partial charge in [0.1, 0.15) is 6.54 Å². The molecule has 4 aliphatic carbocycles. The Labute approximate surface area is 169 Å². The fraction of sp³-hybridized carbons (Fsp3) is 0.591. The molecule has 1 atom stereocenters. The normalized spacial score (nSPS) is 31.0. The fourth-order valence-corrected chi connectivity index (χ4v) is 6.59. The molecule has 0 radical (unpaired) electrons. The van der Waals surface area contributed by atoms with E-state index in [0.717, 1.165) is 22.3 Å². The number of carbonyl (C=O) groups excluding carboxylic acids is 1. The Bertz CT molecular complexity index is 997.